The fourth-order valence-electron chi connectivity index (χ4n) is 2.31. The van der Waals surface area contributed by atoms with Crippen LogP contribution in [0, 0.1) is 10.1 Å². The van der Waals surface area contributed by atoms with Crippen molar-refractivity contribution in [3.8, 4) is 0 Å². The normalized spacial score (nSPS) is 17.6. The molecule has 116 valence electrons. The van der Waals surface area contributed by atoms with Crippen LogP contribution < -0.4 is 5.32 Å². The van der Waals surface area contributed by atoms with Crippen LogP contribution >= 0.6 is 15.9 Å². The number of nitro groups is 1. The molecule has 1 aromatic carbocycles. The highest BCUT2D eigenvalue weighted by molar-refractivity contribution is 9.10. The molecule has 0 bridgehead atoms. The van der Waals surface area contributed by atoms with Gasteiger partial charge >= 0.3 is 0 Å². The van der Waals surface area contributed by atoms with Crippen molar-refractivity contribution in [1.29, 1.82) is 0 Å². The molecule has 21 heavy (non-hydrogen) atoms. The van der Waals surface area contributed by atoms with Gasteiger partial charge in [-0.3, -0.25) is 15.0 Å². The third-order valence-corrected chi connectivity index (χ3v) is 4.26. The van der Waals surface area contributed by atoms with E-state index >= 15 is 0 Å². The van der Waals surface area contributed by atoms with Crippen LogP contribution in [0.15, 0.2) is 22.7 Å². The van der Waals surface area contributed by atoms with E-state index in [0.29, 0.717) is 12.6 Å². The largest absolute Gasteiger partial charge is 0.379 e. The number of morpholine rings is 1. The number of non-ortho nitro benzene ring substituents is 1. The highest BCUT2D eigenvalue weighted by Crippen LogP contribution is 2.22. The Morgan fingerprint density at radius 1 is 1.48 bits per heavy atom. The molecule has 1 fully saturated rings. The van der Waals surface area contributed by atoms with Gasteiger partial charge in [-0.2, -0.15) is 0 Å². The zero-order valence-electron chi connectivity index (χ0n) is 12.0. The summed E-state index contributed by atoms with van der Waals surface area (Å²) in [5.41, 5.74) is 1.13. The molecule has 1 heterocycles. The van der Waals surface area contributed by atoms with E-state index in [2.05, 4.69) is 33.1 Å². The second-order valence-corrected chi connectivity index (χ2v) is 6.08. The number of nitrogens with zero attached hydrogens (tertiary/aromatic N) is 2. The van der Waals surface area contributed by atoms with Crippen LogP contribution in [0.3, 0.4) is 0 Å². The van der Waals surface area contributed by atoms with Crippen LogP contribution in [-0.2, 0) is 11.3 Å². The molecule has 0 amide bonds. The molecular weight excluding hydrogens is 338 g/mol. The number of hydrogen-bond acceptors (Lipinski definition) is 5. The minimum absolute atomic E-state index is 0.104. The highest BCUT2D eigenvalue weighted by Gasteiger charge is 2.14. The fourth-order valence-corrected chi connectivity index (χ4v) is 2.82. The van der Waals surface area contributed by atoms with Gasteiger partial charge in [0.2, 0.25) is 0 Å². The molecule has 1 saturated heterocycles. The van der Waals surface area contributed by atoms with Crippen molar-refractivity contribution in [1.82, 2.24) is 10.2 Å². The van der Waals surface area contributed by atoms with Crippen molar-refractivity contribution in [2.24, 2.45) is 0 Å². The third-order valence-electron chi connectivity index (χ3n) is 3.52. The smallest absolute Gasteiger partial charge is 0.270 e. The molecule has 1 N–H and O–H groups in total. The molecular formula is C14H20BrN3O3. The molecule has 1 atom stereocenters. The molecule has 1 unspecified atom stereocenters. The van der Waals surface area contributed by atoms with Crippen LogP contribution in [-0.4, -0.2) is 48.7 Å². The van der Waals surface area contributed by atoms with E-state index < -0.39 is 0 Å². The molecule has 7 heteroatoms. The Balaban J connectivity index is 1.83. The fraction of sp³-hybridized carbons (Fsp3) is 0.571. The van der Waals surface area contributed by atoms with Crippen LogP contribution in [0.5, 0.6) is 0 Å². The van der Waals surface area contributed by atoms with Gasteiger partial charge in [-0.1, -0.05) is 15.9 Å². The Kier molecular flexibility index (Phi) is 6.10. The molecule has 0 saturated carbocycles. The Morgan fingerprint density at radius 3 is 2.81 bits per heavy atom. The Morgan fingerprint density at radius 2 is 2.19 bits per heavy atom. The topological polar surface area (TPSA) is 67.6 Å². The second kappa shape index (κ2) is 7.84. The second-order valence-electron chi connectivity index (χ2n) is 5.23. The zero-order chi connectivity index (χ0) is 15.2. The predicted octanol–water partition coefficient (Wildman–Crippen LogP) is 2.17. The van der Waals surface area contributed by atoms with Crippen LogP contribution in [0.25, 0.3) is 0 Å². The maximum Gasteiger partial charge on any atom is 0.270 e. The summed E-state index contributed by atoms with van der Waals surface area (Å²) in [7, 11) is 0. The average molecular weight is 358 g/mol. The Bertz CT molecular complexity index is 492. The van der Waals surface area contributed by atoms with E-state index in [0.717, 1.165) is 42.9 Å². The first-order valence-corrected chi connectivity index (χ1v) is 7.82. The first kappa shape index (κ1) is 16.4. The van der Waals surface area contributed by atoms with Gasteiger partial charge < -0.3 is 10.1 Å². The van der Waals surface area contributed by atoms with Crippen LogP contribution in [0.2, 0.25) is 0 Å². The molecule has 2 rings (SSSR count). The summed E-state index contributed by atoms with van der Waals surface area (Å²) >= 11 is 3.39. The SMILES string of the molecule is CC(CN1CCOCC1)NCc1ccc([N+](=O)[O-])cc1Br. The number of halogens is 1. The maximum atomic E-state index is 10.7. The number of rotatable bonds is 6. The van der Waals surface area contributed by atoms with E-state index in [4.69, 9.17) is 4.74 Å². The minimum atomic E-state index is -0.386. The molecule has 1 aromatic rings. The van der Waals surface area contributed by atoms with Gasteiger partial charge in [-0.15, -0.1) is 0 Å². The summed E-state index contributed by atoms with van der Waals surface area (Å²) in [6.07, 6.45) is 0. The summed E-state index contributed by atoms with van der Waals surface area (Å²) in [5, 5.41) is 14.2. The maximum absolute atomic E-state index is 10.7. The van der Waals surface area contributed by atoms with Gasteiger partial charge in [0.25, 0.3) is 5.69 Å². The monoisotopic (exact) mass is 357 g/mol. The summed E-state index contributed by atoms with van der Waals surface area (Å²) in [4.78, 5) is 12.7. The summed E-state index contributed by atoms with van der Waals surface area (Å²) in [6, 6.07) is 5.22. The first-order valence-electron chi connectivity index (χ1n) is 7.02. The van der Waals surface area contributed by atoms with Gasteiger partial charge in [0.15, 0.2) is 0 Å². The summed E-state index contributed by atoms with van der Waals surface area (Å²) in [5.74, 6) is 0. The first-order chi connectivity index (χ1) is 10.1. The van der Waals surface area contributed by atoms with Gasteiger partial charge in [0.1, 0.15) is 0 Å². The molecule has 0 aromatic heterocycles. The molecule has 1 aliphatic heterocycles. The van der Waals surface area contributed by atoms with E-state index in [9.17, 15) is 10.1 Å². The van der Waals surface area contributed by atoms with Gasteiger partial charge in [0.05, 0.1) is 18.1 Å². The van der Waals surface area contributed by atoms with Crippen molar-refractivity contribution in [2.75, 3.05) is 32.8 Å². The molecule has 0 aliphatic carbocycles. The van der Waals surface area contributed by atoms with Crippen LogP contribution in [0.1, 0.15) is 12.5 Å². The number of nitrogens with one attached hydrogen (secondary N) is 1. The van der Waals surface area contributed by atoms with Crippen molar-refractivity contribution in [2.45, 2.75) is 19.5 Å². The lowest BCUT2D eigenvalue weighted by Crippen LogP contribution is -2.44. The standard InChI is InChI=1S/C14H20BrN3O3/c1-11(10-17-4-6-21-7-5-17)16-9-12-2-3-13(18(19)20)8-14(12)15/h2-3,8,11,16H,4-7,9-10H2,1H3. The summed E-state index contributed by atoms with van der Waals surface area (Å²) in [6.45, 7) is 7.38. The highest BCUT2D eigenvalue weighted by atomic mass is 79.9. The van der Waals surface area contributed by atoms with Crippen molar-refractivity contribution in [3.63, 3.8) is 0 Å². The van der Waals surface area contributed by atoms with E-state index in [1.54, 1.807) is 12.1 Å². The Labute approximate surface area is 132 Å². The summed E-state index contributed by atoms with van der Waals surface area (Å²) < 4.78 is 6.10. The molecule has 0 spiro atoms. The lowest BCUT2D eigenvalue weighted by molar-refractivity contribution is -0.384. The van der Waals surface area contributed by atoms with Crippen molar-refractivity contribution < 1.29 is 9.66 Å². The number of nitro benzene ring substituents is 1. The van der Waals surface area contributed by atoms with Gasteiger partial charge in [-0.05, 0) is 18.6 Å². The van der Waals surface area contributed by atoms with E-state index in [1.165, 1.54) is 6.07 Å². The lowest BCUT2D eigenvalue weighted by atomic mass is 10.2. The number of ether oxygens (including phenoxy) is 1. The van der Waals surface area contributed by atoms with E-state index in [1.807, 2.05) is 0 Å². The zero-order valence-corrected chi connectivity index (χ0v) is 13.6. The number of hydrogen-bond donors (Lipinski definition) is 1. The van der Waals surface area contributed by atoms with Crippen molar-refractivity contribution in [3.05, 3.63) is 38.3 Å². The molecule has 0 radical (unpaired) electrons. The van der Waals surface area contributed by atoms with Crippen molar-refractivity contribution >= 4 is 21.6 Å². The quantitative estimate of drug-likeness (QED) is 0.624. The van der Waals surface area contributed by atoms with Crippen LogP contribution in [0.4, 0.5) is 5.69 Å². The number of benzene rings is 1. The van der Waals surface area contributed by atoms with Gasteiger partial charge in [-0.25, -0.2) is 0 Å². The lowest BCUT2D eigenvalue weighted by Gasteiger charge is -2.29. The molecule has 6 nitrogen and oxygen atoms in total. The Hall–Kier alpha value is -1.02. The predicted molar refractivity (Wildman–Crippen MR) is 84.4 cm³/mol. The minimum Gasteiger partial charge on any atom is -0.379 e. The third kappa shape index (κ3) is 5.03. The van der Waals surface area contributed by atoms with Gasteiger partial charge in [0, 0.05) is 48.8 Å². The molecule has 1 aliphatic rings. The average Bonchev–Trinajstić information content (AvgIpc) is 2.47. The van der Waals surface area contributed by atoms with E-state index in [-0.39, 0.29) is 10.6 Å².